The third-order valence-corrected chi connectivity index (χ3v) is 5.65. The second-order valence-electron chi connectivity index (χ2n) is 6.54. The predicted molar refractivity (Wildman–Crippen MR) is 106 cm³/mol. The smallest absolute Gasteiger partial charge is 0.287 e. The molecule has 1 aliphatic heterocycles. The molecule has 0 fully saturated rings. The molecule has 0 bridgehead atoms. The molecule has 4 rings (SSSR count). The van der Waals surface area contributed by atoms with Crippen LogP contribution >= 0.6 is 0 Å². The van der Waals surface area contributed by atoms with Gasteiger partial charge in [-0.3, -0.25) is 0 Å². The van der Waals surface area contributed by atoms with Crippen LogP contribution in [0.4, 0.5) is 11.4 Å². The van der Waals surface area contributed by atoms with Crippen LogP contribution in [0.25, 0.3) is 5.69 Å². The van der Waals surface area contributed by atoms with Crippen LogP contribution in [-0.2, 0) is 10.0 Å². The van der Waals surface area contributed by atoms with Crippen LogP contribution < -0.4 is 10.6 Å². The van der Waals surface area contributed by atoms with E-state index in [2.05, 4.69) is 34.0 Å². The van der Waals surface area contributed by atoms with Crippen molar-refractivity contribution in [3.63, 3.8) is 0 Å². The van der Waals surface area contributed by atoms with Crippen LogP contribution in [-0.4, -0.2) is 24.2 Å². The molecule has 0 atom stereocenters. The van der Waals surface area contributed by atoms with Crippen LogP contribution in [0.2, 0.25) is 0 Å². The standard InChI is InChI=1S/C19H19N5O2S/c1-13(2)14-7-9-15(10-8-14)21-19-22-18-16(24-12-4-11-20-24)5-3-6-17(18)27(25,26)23-19/h3-13H,1-2H3,(H2,21,22,23). The first-order valence-electron chi connectivity index (χ1n) is 8.56. The van der Waals surface area contributed by atoms with Crippen molar-refractivity contribution in [2.45, 2.75) is 24.7 Å². The van der Waals surface area contributed by atoms with Gasteiger partial charge in [-0.15, -0.1) is 4.40 Å². The number of nitrogens with one attached hydrogen (secondary N) is 2. The van der Waals surface area contributed by atoms with E-state index in [1.54, 1.807) is 35.3 Å². The molecule has 0 spiro atoms. The Labute approximate surface area is 157 Å². The van der Waals surface area contributed by atoms with E-state index in [4.69, 9.17) is 0 Å². The van der Waals surface area contributed by atoms with Gasteiger partial charge < -0.3 is 10.6 Å². The van der Waals surface area contributed by atoms with E-state index in [1.165, 1.54) is 11.6 Å². The number of benzene rings is 2. The molecule has 2 N–H and O–H groups in total. The van der Waals surface area contributed by atoms with Gasteiger partial charge in [-0.25, -0.2) is 4.68 Å². The molecule has 7 nitrogen and oxygen atoms in total. The largest absolute Gasteiger partial charge is 0.325 e. The molecule has 8 heteroatoms. The van der Waals surface area contributed by atoms with Gasteiger partial charge in [-0.05, 0) is 41.8 Å². The minimum absolute atomic E-state index is 0.121. The predicted octanol–water partition coefficient (Wildman–Crippen LogP) is 3.58. The van der Waals surface area contributed by atoms with E-state index >= 15 is 0 Å². The van der Waals surface area contributed by atoms with Crippen molar-refractivity contribution in [1.29, 1.82) is 0 Å². The number of aromatic nitrogens is 2. The summed E-state index contributed by atoms with van der Waals surface area (Å²) in [6.07, 6.45) is 3.40. The highest BCUT2D eigenvalue weighted by Crippen LogP contribution is 2.32. The number of hydrogen-bond donors (Lipinski definition) is 2. The Balaban J connectivity index is 1.70. The number of hydrogen-bond acceptors (Lipinski definition) is 5. The van der Waals surface area contributed by atoms with Gasteiger partial charge in [0, 0.05) is 18.1 Å². The molecular formula is C19H19N5O2S. The van der Waals surface area contributed by atoms with Gasteiger partial charge in [0.25, 0.3) is 10.0 Å². The van der Waals surface area contributed by atoms with E-state index < -0.39 is 10.0 Å². The van der Waals surface area contributed by atoms with Crippen molar-refractivity contribution < 1.29 is 8.42 Å². The van der Waals surface area contributed by atoms with Crippen molar-refractivity contribution in [3.05, 3.63) is 66.5 Å². The molecule has 0 amide bonds. The maximum Gasteiger partial charge on any atom is 0.287 e. The number of nitrogens with zero attached hydrogens (tertiary/aromatic N) is 3. The lowest BCUT2D eigenvalue weighted by Crippen LogP contribution is -2.29. The van der Waals surface area contributed by atoms with E-state index in [-0.39, 0.29) is 10.9 Å². The first kappa shape index (κ1) is 17.3. The molecule has 0 unspecified atom stereocenters. The van der Waals surface area contributed by atoms with E-state index in [0.29, 0.717) is 17.3 Å². The van der Waals surface area contributed by atoms with Crippen molar-refractivity contribution in [1.82, 2.24) is 9.78 Å². The zero-order valence-electron chi connectivity index (χ0n) is 14.9. The Hall–Kier alpha value is -3.13. The van der Waals surface area contributed by atoms with Crippen molar-refractivity contribution in [2.24, 2.45) is 4.40 Å². The van der Waals surface area contributed by atoms with E-state index in [1.807, 2.05) is 24.3 Å². The molecule has 3 aromatic rings. The Kier molecular flexibility index (Phi) is 4.19. The summed E-state index contributed by atoms with van der Waals surface area (Å²) in [4.78, 5) is 0.121. The van der Waals surface area contributed by atoms with Crippen molar-refractivity contribution in [3.8, 4) is 5.69 Å². The highest BCUT2D eigenvalue weighted by atomic mass is 32.2. The van der Waals surface area contributed by atoms with Gasteiger partial charge in [-0.2, -0.15) is 13.5 Å². The fourth-order valence-electron chi connectivity index (χ4n) is 2.92. The summed E-state index contributed by atoms with van der Waals surface area (Å²) >= 11 is 0. The lowest BCUT2D eigenvalue weighted by atomic mass is 10.0. The molecule has 0 saturated heterocycles. The topological polar surface area (TPSA) is 88.4 Å². The molecule has 2 heterocycles. The molecule has 0 aliphatic carbocycles. The maximum atomic E-state index is 12.6. The number of rotatable bonds is 3. The molecular weight excluding hydrogens is 362 g/mol. The summed E-state index contributed by atoms with van der Waals surface area (Å²) in [5, 5.41) is 10.3. The first-order chi connectivity index (χ1) is 12.9. The molecule has 27 heavy (non-hydrogen) atoms. The normalized spacial score (nSPS) is 15.0. The Morgan fingerprint density at radius 2 is 1.85 bits per heavy atom. The van der Waals surface area contributed by atoms with Crippen LogP contribution in [0.15, 0.2) is 70.2 Å². The van der Waals surface area contributed by atoms with Crippen LogP contribution in [0.5, 0.6) is 0 Å². The van der Waals surface area contributed by atoms with Gasteiger partial charge in [-0.1, -0.05) is 32.0 Å². The summed E-state index contributed by atoms with van der Waals surface area (Å²) in [5.41, 5.74) is 3.03. The number of anilines is 2. The summed E-state index contributed by atoms with van der Waals surface area (Å²) in [6, 6.07) is 14.6. The monoisotopic (exact) mass is 381 g/mol. The third kappa shape index (κ3) is 3.31. The molecule has 2 aromatic carbocycles. The Morgan fingerprint density at radius 3 is 2.52 bits per heavy atom. The Morgan fingerprint density at radius 1 is 1.07 bits per heavy atom. The van der Waals surface area contributed by atoms with Gasteiger partial charge >= 0.3 is 0 Å². The SMILES string of the molecule is CC(C)c1ccc(NC2=NS(=O)(=O)c3cccc(-n4cccn4)c3N2)cc1. The van der Waals surface area contributed by atoms with E-state index in [9.17, 15) is 8.42 Å². The number of sulfonamides is 1. The highest BCUT2D eigenvalue weighted by molar-refractivity contribution is 7.90. The second-order valence-corrected chi connectivity index (χ2v) is 8.12. The van der Waals surface area contributed by atoms with Crippen LogP contribution in [0.3, 0.4) is 0 Å². The summed E-state index contributed by atoms with van der Waals surface area (Å²) in [7, 11) is -3.82. The quantitative estimate of drug-likeness (QED) is 0.724. The summed E-state index contributed by atoms with van der Waals surface area (Å²) in [6.45, 7) is 4.24. The number of guanidine groups is 1. The lowest BCUT2D eigenvalue weighted by Gasteiger charge is -2.21. The van der Waals surface area contributed by atoms with Crippen LogP contribution in [0.1, 0.15) is 25.3 Å². The van der Waals surface area contributed by atoms with Crippen molar-refractivity contribution in [2.75, 3.05) is 10.6 Å². The van der Waals surface area contributed by atoms with Gasteiger partial charge in [0.2, 0.25) is 5.96 Å². The first-order valence-corrected chi connectivity index (χ1v) is 10.00. The lowest BCUT2D eigenvalue weighted by molar-refractivity contribution is 0.597. The van der Waals surface area contributed by atoms with Gasteiger partial charge in [0.05, 0.1) is 11.4 Å². The molecule has 0 saturated carbocycles. The van der Waals surface area contributed by atoms with Crippen molar-refractivity contribution >= 4 is 27.4 Å². The van der Waals surface area contributed by atoms with Crippen LogP contribution in [0, 0.1) is 0 Å². The zero-order valence-corrected chi connectivity index (χ0v) is 15.7. The maximum absolute atomic E-state index is 12.6. The number of fused-ring (bicyclic) bond motifs is 1. The third-order valence-electron chi connectivity index (χ3n) is 4.33. The minimum atomic E-state index is -3.82. The average Bonchev–Trinajstić information content (AvgIpc) is 3.16. The summed E-state index contributed by atoms with van der Waals surface area (Å²) in [5.74, 6) is 0.576. The Bertz CT molecular complexity index is 1100. The minimum Gasteiger partial charge on any atom is -0.325 e. The number of para-hydroxylation sites is 1. The molecule has 0 radical (unpaired) electrons. The van der Waals surface area contributed by atoms with E-state index in [0.717, 1.165) is 5.69 Å². The zero-order chi connectivity index (χ0) is 19.0. The second kappa shape index (κ2) is 6.55. The fourth-order valence-corrected chi connectivity index (χ4v) is 4.01. The molecule has 1 aromatic heterocycles. The molecule has 138 valence electrons. The van der Waals surface area contributed by atoms with Gasteiger partial charge in [0.1, 0.15) is 4.90 Å². The molecule has 1 aliphatic rings. The fraction of sp³-hybridized carbons (Fsp3) is 0.158. The highest BCUT2D eigenvalue weighted by Gasteiger charge is 2.27. The summed E-state index contributed by atoms with van der Waals surface area (Å²) < 4.78 is 30.8. The van der Waals surface area contributed by atoms with Gasteiger partial charge in [0.15, 0.2) is 0 Å². The average molecular weight is 381 g/mol.